The molecule has 10 heteroatoms. The maximum atomic E-state index is 12.7. The topological polar surface area (TPSA) is 78.4 Å². The van der Waals surface area contributed by atoms with Gasteiger partial charge in [0.1, 0.15) is 18.1 Å². The van der Waals surface area contributed by atoms with Crippen LogP contribution in [0.4, 0.5) is 13.2 Å². The standard InChI is InChI=1S/C25H25F3N2O5/c26-25(27,28)19-3-1-18(2-4-19)15-35-30-22-9-12-33-23-13-20(5-6-21(22)23)34-16-24(31)29-14-17-7-10-32-11-8-17/h1-7,13H,8-12,14-16H2,(H,29,31). The summed E-state index contributed by atoms with van der Waals surface area (Å²) in [5.74, 6) is 0.810. The van der Waals surface area contributed by atoms with E-state index in [2.05, 4.69) is 10.5 Å². The molecule has 1 amide bonds. The van der Waals surface area contributed by atoms with Crippen LogP contribution in [0, 0.1) is 0 Å². The fourth-order valence-corrected chi connectivity index (χ4v) is 3.55. The number of halogens is 3. The molecule has 7 nitrogen and oxygen atoms in total. The zero-order valence-electron chi connectivity index (χ0n) is 18.9. The van der Waals surface area contributed by atoms with Gasteiger partial charge < -0.3 is 24.4 Å². The molecule has 2 aromatic carbocycles. The van der Waals surface area contributed by atoms with Gasteiger partial charge in [0, 0.05) is 24.6 Å². The molecule has 186 valence electrons. The molecule has 1 N–H and O–H groups in total. The Morgan fingerprint density at radius 3 is 2.66 bits per heavy atom. The molecule has 35 heavy (non-hydrogen) atoms. The van der Waals surface area contributed by atoms with E-state index in [0.29, 0.717) is 55.6 Å². The molecule has 4 rings (SSSR count). The molecule has 0 fully saturated rings. The van der Waals surface area contributed by atoms with Crippen LogP contribution >= 0.6 is 0 Å². The number of amides is 1. The van der Waals surface area contributed by atoms with E-state index >= 15 is 0 Å². The number of carbonyl (C=O) groups is 1. The van der Waals surface area contributed by atoms with E-state index in [0.717, 1.165) is 29.7 Å². The van der Waals surface area contributed by atoms with Gasteiger partial charge in [0.25, 0.3) is 5.91 Å². The number of ether oxygens (including phenoxy) is 3. The highest BCUT2D eigenvalue weighted by Crippen LogP contribution is 2.30. The van der Waals surface area contributed by atoms with Crippen molar-refractivity contribution in [2.75, 3.05) is 33.0 Å². The maximum absolute atomic E-state index is 12.7. The van der Waals surface area contributed by atoms with Gasteiger partial charge >= 0.3 is 6.18 Å². The molecule has 0 saturated carbocycles. The summed E-state index contributed by atoms with van der Waals surface area (Å²) in [4.78, 5) is 17.5. The zero-order chi connectivity index (χ0) is 24.7. The van der Waals surface area contributed by atoms with E-state index in [9.17, 15) is 18.0 Å². The third-order valence-electron chi connectivity index (χ3n) is 5.49. The zero-order valence-corrected chi connectivity index (χ0v) is 18.9. The van der Waals surface area contributed by atoms with E-state index in [4.69, 9.17) is 19.0 Å². The van der Waals surface area contributed by atoms with Crippen molar-refractivity contribution in [3.63, 3.8) is 0 Å². The fourth-order valence-electron chi connectivity index (χ4n) is 3.55. The molecule has 2 aromatic rings. The first-order valence-corrected chi connectivity index (χ1v) is 11.2. The summed E-state index contributed by atoms with van der Waals surface area (Å²) < 4.78 is 54.6. The lowest BCUT2D eigenvalue weighted by Crippen LogP contribution is -2.31. The largest absolute Gasteiger partial charge is 0.492 e. The number of fused-ring (bicyclic) bond motifs is 1. The molecular weight excluding hydrogens is 465 g/mol. The summed E-state index contributed by atoms with van der Waals surface area (Å²) in [5.41, 5.74) is 2.39. The minimum absolute atomic E-state index is 0.0397. The number of nitrogens with one attached hydrogen (secondary N) is 1. The number of alkyl halides is 3. The summed E-state index contributed by atoms with van der Waals surface area (Å²) >= 11 is 0. The molecular formula is C25H25F3N2O5. The van der Waals surface area contributed by atoms with Crippen LogP contribution in [-0.4, -0.2) is 44.6 Å². The van der Waals surface area contributed by atoms with Crippen molar-refractivity contribution in [3.05, 3.63) is 70.8 Å². The predicted octanol–water partition coefficient (Wildman–Crippen LogP) is 4.25. The van der Waals surface area contributed by atoms with Gasteiger partial charge in [0.15, 0.2) is 6.61 Å². The summed E-state index contributed by atoms with van der Waals surface area (Å²) in [6.07, 6.45) is -1.08. The third-order valence-corrected chi connectivity index (χ3v) is 5.49. The van der Waals surface area contributed by atoms with Gasteiger partial charge in [-0.25, -0.2) is 0 Å². The van der Waals surface area contributed by atoms with Crippen molar-refractivity contribution in [1.82, 2.24) is 5.32 Å². The van der Waals surface area contributed by atoms with Gasteiger partial charge in [-0.1, -0.05) is 28.9 Å². The van der Waals surface area contributed by atoms with E-state index in [1.807, 2.05) is 6.08 Å². The molecule has 2 aliphatic rings. The lowest BCUT2D eigenvalue weighted by Gasteiger charge is -2.19. The number of hydrogen-bond donors (Lipinski definition) is 1. The highest BCUT2D eigenvalue weighted by atomic mass is 19.4. The molecule has 0 unspecified atom stereocenters. The van der Waals surface area contributed by atoms with Crippen LogP contribution in [0.5, 0.6) is 11.5 Å². The second-order valence-electron chi connectivity index (χ2n) is 8.02. The van der Waals surface area contributed by atoms with E-state index < -0.39 is 11.7 Å². The molecule has 0 bridgehead atoms. The normalized spacial score (nSPS) is 16.7. The minimum Gasteiger partial charge on any atom is -0.492 e. The number of nitrogens with zero attached hydrogens (tertiary/aromatic N) is 1. The molecule has 0 radical (unpaired) electrons. The monoisotopic (exact) mass is 490 g/mol. The van der Waals surface area contributed by atoms with Crippen LogP contribution in [0.25, 0.3) is 0 Å². The average Bonchev–Trinajstić information content (AvgIpc) is 2.86. The van der Waals surface area contributed by atoms with E-state index in [-0.39, 0.29) is 19.1 Å². The summed E-state index contributed by atoms with van der Waals surface area (Å²) in [6, 6.07) is 9.93. The maximum Gasteiger partial charge on any atom is 0.416 e. The van der Waals surface area contributed by atoms with Crippen molar-refractivity contribution in [2.24, 2.45) is 5.16 Å². The molecule has 0 spiro atoms. The van der Waals surface area contributed by atoms with Gasteiger partial charge in [0.05, 0.1) is 31.1 Å². The first-order valence-electron chi connectivity index (χ1n) is 11.2. The van der Waals surface area contributed by atoms with Crippen LogP contribution in [0.3, 0.4) is 0 Å². The Kier molecular flexibility index (Phi) is 7.91. The molecule has 2 heterocycles. The summed E-state index contributed by atoms with van der Waals surface area (Å²) in [6.45, 7) is 2.02. The smallest absolute Gasteiger partial charge is 0.416 e. The van der Waals surface area contributed by atoms with Gasteiger partial charge in [-0.15, -0.1) is 0 Å². The van der Waals surface area contributed by atoms with Crippen molar-refractivity contribution >= 4 is 11.6 Å². The van der Waals surface area contributed by atoms with Crippen molar-refractivity contribution in [3.8, 4) is 11.5 Å². The Labute approximate surface area is 200 Å². The second kappa shape index (κ2) is 11.3. The number of hydrogen-bond acceptors (Lipinski definition) is 6. The van der Waals surface area contributed by atoms with Gasteiger partial charge in [0.2, 0.25) is 0 Å². The van der Waals surface area contributed by atoms with Gasteiger partial charge in [-0.3, -0.25) is 4.79 Å². The highest BCUT2D eigenvalue weighted by molar-refractivity contribution is 6.03. The fraction of sp³-hybridized carbons (Fsp3) is 0.360. The van der Waals surface area contributed by atoms with Gasteiger partial charge in [-0.05, 0) is 36.2 Å². The second-order valence-corrected chi connectivity index (χ2v) is 8.02. The Hall–Kier alpha value is -3.53. The summed E-state index contributed by atoms with van der Waals surface area (Å²) in [5, 5.41) is 6.99. The molecule has 0 aliphatic carbocycles. The Morgan fingerprint density at radius 2 is 1.91 bits per heavy atom. The summed E-state index contributed by atoms with van der Waals surface area (Å²) in [7, 11) is 0. The lowest BCUT2D eigenvalue weighted by molar-refractivity contribution is -0.137. The van der Waals surface area contributed by atoms with Crippen LogP contribution in [0.1, 0.15) is 29.5 Å². The minimum atomic E-state index is -4.37. The van der Waals surface area contributed by atoms with Gasteiger partial charge in [-0.2, -0.15) is 13.2 Å². The number of benzene rings is 2. The average molecular weight is 490 g/mol. The number of carbonyl (C=O) groups excluding carboxylic acids is 1. The van der Waals surface area contributed by atoms with E-state index in [1.165, 1.54) is 12.1 Å². The molecule has 0 saturated heterocycles. The van der Waals surface area contributed by atoms with Crippen LogP contribution < -0.4 is 14.8 Å². The quantitative estimate of drug-likeness (QED) is 0.442. The third kappa shape index (κ3) is 6.98. The molecule has 0 atom stereocenters. The van der Waals surface area contributed by atoms with Crippen LogP contribution in [-0.2, 0) is 27.2 Å². The lowest BCUT2D eigenvalue weighted by atomic mass is 10.0. The Bertz CT molecular complexity index is 1100. The first kappa shape index (κ1) is 24.6. The van der Waals surface area contributed by atoms with Crippen molar-refractivity contribution < 1.29 is 37.0 Å². The van der Waals surface area contributed by atoms with E-state index in [1.54, 1.807) is 18.2 Å². The number of rotatable bonds is 8. The molecule has 2 aliphatic heterocycles. The van der Waals surface area contributed by atoms with Crippen LogP contribution in [0.2, 0.25) is 0 Å². The van der Waals surface area contributed by atoms with Crippen molar-refractivity contribution in [1.29, 1.82) is 0 Å². The Balaban J connectivity index is 1.29. The first-order chi connectivity index (χ1) is 16.9. The molecule has 0 aromatic heterocycles. The van der Waals surface area contributed by atoms with Crippen molar-refractivity contribution in [2.45, 2.75) is 25.6 Å². The highest BCUT2D eigenvalue weighted by Gasteiger charge is 2.30. The number of oxime groups is 1. The van der Waals surface area contributed by atoms with Crippen LogP contribution in [0.15, 0.2) is 59.3 Å². The SMILES string of the molecule is O=C(COc1ccc2c(c1)OCCC2=NOCc1ccc(C(F)(F)F)cc1)NCC1=CCOCC1. The predicted molar refractivity (Wildman–Crippen MR) is 121 cm³/mol. The Morgan fingerprint density at radius 1 is 1.09 bits per heavy atom.